The summed E-state index contributed by atoms with van der Waals surface area (Å²) in [6.07, 6.45) is 7.28. The van der Waals surface area contributed by atoms with Gasteiger partial charge in [-0.05, 0) is 87.7 Å². The molecule has 3 heterocycles. The monoisotopic (exact) mass is 480 g/mol. The molecule has 2 bridgehead atoms. The number of hydrogen-bond donors (Lipinski definition) is 3. The van der Waals surface area contributed by atoms with E-state index in [0.29, 0.717) is 19.3 Å². The molecule has 7 heteroatoms. The number of aromatic nitrogens is 1. The van der Waals surface area contributed by atoms with Crippen molar-refractivity contribution in [2.75, 3.05) is 14.1 Å². The Kier molecular flexibility index (Phi) is 4.46. The van der Waals surface area contributed by atoms with Gasteiger partial charge in [0.25, 0.3) is 0 Å². The Balaban J connectivity index is 1.28. The summed E-state index contributed by atoms with van der Waals surface area (Å²) in [5.41, 5.74) is 1.88. The van der Waals surface area contributed by atoms with Crippen LogP contribution in [0.5, 0.6) is 0 Å². The second-order valence-corrected chi connectivity index (χ2v) is 12.5. The molecule has 7 rings (SSSR count). The van der Waals surface area contributed by atoms with E-state index in [2.05, 4.69) is 30.1 Å². The maximum absolute atomic E-state index is 12.2. The van der Waals surface area contributed by atoms with E-state index in [4.69, 9.17) is 9.15 Å². The molecule has 5 aliphatic rings. The van der Waals surface area contributed by atoms with Crippen LogP contribution < -0.4 is 0 Å². The molecule has 2 saturated heterocycles. The molecule has 2 aliphatic heterocycles. The second kappa shape index (κ2) is 6.95. The number of aliphatic hydroxyl groups excluding tert-OH is 2. The summed E-state index contributed by atoms with van der Waals surface area (Å²) in [4.78, 5) is 6.27. The third kappa shape index (κ3) is 2.66. The molecule has 9 atom stereocenters. The predicted octanol–water partition coefficient (Wildman–Crippen LogP) is 3.13. The summed E-state index contributed by atoms with van der Waals surface area (Å²) in [5.74, 6) is -0.0855. The van der Waals surface area contributed by atoms with Crippen molar-refractivity contribution >= 4 is 16.7 Å². The fourth-order valence-corrected chi connectivity index (χ4v) is 9.08. The molecule has 1 aromatic carbocycles. The van der Waals surface area contributed by atoms with E-state index in [-0.39, 0.29) is 23.3 Å². The molecule has 2 saturated carbocycles. The zero-order valence-corrected chi connectivity index (χ0v) is 20.8. The van der Waals surface area contributed by atoms with E-state index in [1.165, 1.54) is 12.0 Å². The van der Waals surface area contributed by atoms with Crippen LogP contribution in [-0.4, -0.2) is 74.4 Å². The summed E-state index contributed by atoms with van der Waals surface area (Å²) in [6.45, 7) is 2.35. The van der Waals surface area contributed by atoms with Crippen molar-refractivity contribution in [3.63, 3.8) is 0 Å². The number of hydrogen-bond acceptors (Lipinski definition) is 7. The summed E-state index contributed by atoms with van der Waals surface area (Å²) >= 11 is 0. The molecule has 2 aromatic rings. The van der Waals surface area contributed by atoms with E-state index in [0.717, 1.165) is 42.3 Å². The van der Waals surface area contributed by atoms with Crippen molar-refractivity contribution in [3.05, 3.63) is 36.2 Å². The lowest BCUT2D eigenvalue weighted by molar-refractivity contribution is -0.331. The number of rotatable bonds is 2. The van der Waals surface area contributed by atoms with Gasteiger partial charge in [0, 0.05) is 17.9 Å². The number of fused-ring (bicyclic) bond motifs is 2. The van der Waals surface area contributed by atoms with E-state index in [1.54, 1.807) is 0 Å². The Morgan fingerprint density at radius 3 is 2.69 bits per heavy atom. The van der Waals surface area contributed by atoms with Gasteiger partial charge in [0.15, 0.2) is 12.0 Å². The van der Waals surface area contributed by atoms with Gasteiger partial charge >= 0.3 is 0 Å². The fourth-order valence-electron chi connectivity index (χ4n) is 9.08. The molecule has 1 aromatic heterocycles. The first kappa shape index (κ1) is 22.4. The fraction of sp³-hybridized carbons (Fsp3) is 0.679. The van der Waals surface area contributed by atoms with Gasteiger partial charge in [0.05, 0.1) is 23.4 Å². The molecule has 9 unspecified atom stereocenters. The lowest BCUT2D eigenvalue weighted by Crippen LogP contribution is -2.73. The van der Waals surface area contributed by atoms with Crippen molar-refractivity contribution in [1.29, 1.82) is 0 Å². The lowest BCUT2D eigenvalue weighted by atomic mass is 9.51. The number of aliphatic hydroxyl groups is 3. The maximum atomic E-state index is 12.2. The van der Waals surface area contributed by atoms with E-state index < -0.39 is 29.0 Å². The first-order valence-corrected chi connectivity index (χ1v) is 13.1. The molecule has 35 heavy (non-hydrogen) atoms. The molecule has 0 amide bonds. The zero-order valence-electron chi connectivity index (χ0n) is 20.8. The molecule has 2 spiro atoms. The Morgan fingerprint density at radius 2 is 1.89 bits per heavy atom. The number of benzene rings is 1. The van der Waals surface area contributed by atoms with Crippen molar-refractivity contribution in [1.82, 2.24) is 9.88 Å². The van der Waals surface area contributed by atoms with Crippen LogP contribution >= 0.6 is 0 Å². The Morgan fingerprint density at radius 1 is 1.06 bits per heavy atom. The van der Waals surface area contributed by atoms with Crippen LogP contribution in [0.3, 0.4) is 0 Å². The van der Waals surface area contributed by atoms with Crippen LogP contribution in [0.25, 0.3) is 16.7 Å². The molecule has 188 valence electrons. The standard InChI is InChI=1S/C28H36N2O5/c1-25-8-10-27(33)13-18-23(31)24(32)20(30(2)3)14-26(18)9-11-28(27,35-26)22(25)7-5-17(25)16-4-6-19-21(12-16)34-15-29-19/h4-6,12,15,18,20,22-24,31-33H,7-11,13-14H2,1-3H3. The van der Waals surface area contributed by atoms with E-state index in [1.807, 2.05) is 25.1 Å². The highest BCUT2D eigenvalue weighted by Crippen LogP contribution is 2.71. The molecule has 3 N–H and O–H groups in total. The number of allylic oxidation sites excluding steroid dienone is 2. The third-order valence-corrected chi connectivity index (χ3v) is 10.9. The minimum atomic E-state index is -0.994. The summed E-state index contributed by atoms with van der Waals surface area (Å²) in [5, 5.41) is 34.4. The summed E-state index contributed by atoms with van der Waals surface area (Å²) < 4.78 is 12.8. The van der Waals surface area contributed by atoms with Crippen LogP contribution in [0.1, 0.15) is 57.4 Å². The van der Waals surface area contributed by atoms with Gasteiger partial charge in [-0.2, -0.15) is 0 Å². The average molecular weight is 481 g/mol. The molecule has 3 aliphatic carbocycles. The number of nitrogens with zero attached hydrogens (tertiary/aromatic N) is 2. The Labute approximate surface area is 205 Å². The first-order valence-electron chi connectivity index (χ1n) is 13.1. The minimum absolute atomic E-state index is 0.119. The lowest BCUT2D eigenvalue weighted by Gasteiger charge is -2.65. The van der Waals surface area contributed by atoms with Crippen molar-refractivity contribution in [3.8, 4) is 0 Å². The topological polar surface area (TPSA) is 99.2 Å². The van der Waals surface area contributed by atoms with Gasteiger partial charge in [-0.15, -0.1) is 0 Å². The van der Waals surface area contributed by atoms with Gasteiger partial charge in [-0.1, -0.05) is 19.1 Å². The van der Waals surface area contributed by atoms with Gasteiger partial charge in [0.1, 0.15) is 11.1 Å². The van der Waals surface area contributed by atoms with Crippen LogP contribution in [0.4, 0.5) is 0 Å². The van der Waals surface area contributed by atoms with Crippen LogP contribution in [-0.2, 0) is 4.74 Å². The number of oxazole rings is 1. The van der Waals surface area contributed by atoms with Crippen molar-refractivity contribution < 1.29 is 24.5 Å². The second-order valence-electron chi connectivity index (χ2n) is 12.5. The van der Waals surface area contributed by atoms with Crippen molar-refractivity contribution in [2.45, 2.75) is 86.9 Å². The normalized spacial score (nSPS) is 48.5. The van der Waals surface area contributed by atoms with Crippen LogP contribution in [0.2, 0.25) is 0 Å². The smallest absolute Gasteiger partial charge is 0.181 e. The molecule has 4 fully saturated rings. The minimum Gasteiger partial charge on any atom is -0.443 e. The van der Waals surface area contributed by atoms with Gasteiger partial charge < -0.3 is 29.4 Å². The highest BCUT2D eigenvalue weighted by atomic mass is 16.6. The van der Waals surface area contributed by atoms with Gasteiger partial charge in [0.2, 0.25) is 0 Å². The summed E-state index contributed by atoms with van der Waals surface area (Å²) in [7, 11) is 3.91. The number of likely N-dealkylation sites (N-methyl/N-ethyl adjacent to an activating group) is 1. The molecular formula is C28H36N2O5. The third-order valence-electron chi connectivity index (χ3n) is 10.9. The van der Waals surface area contributed by atoms with Crippen LogP contribution in [0, 0.1) is 17.3 Å². The SMILES string of the molecule is CN(C)C1CC23CCC4(O2)C2CC=C(c5ccc6ncoc6c5)C2(C)CCC4(O)CC3C(O)C1O. The number of ether oxygens (including phenoxy) is 1. The Bertz CT molecular complexity index is 1220. The zero-order chi connectivity index (χ0) is 24.4. The maximum Gasteiger partial charge on any atom is 0.181 e. The largest absolute Gasteiger partial charge is 0.443 e. The predicted molar refractivity (Wildman–Crippen MR) is 130 cm³/mol. The van der Waals surface area contributed by atoms with E-state index in [9.17, 15) is 15.3 Å². The van der Waals surface area contributed by atoms with Crippen LogP contribution in [0.15, 0.2) is 35.1 Å². The summed E-state index contributed by atoms with van der Waals surface area (Å²) in [6, 6.07) is 6.08. The molecular weight excluding hydrogens is 444 g/mol. The molecule has 0 radical (unpaired) electrons. The highest BCUT2D eigenvalue weighted by molar-refractivity contribution is 5.81. The Hall–Kier alpha value is -1.77. The van der Waals surface area contributed by atoms with Gasteiger partial charge in [-0.3, -0.25) is 0 Å². The average Bonchev–Trinajstić information content (AvgIpc) is 3.52. The molecule has 7 nitrogen and oxygen atoms in total. The quantitative estimate of drug-likeness (QED) is 0.607. The van der Waals surface area contributed by atoms with Gasteiger partial charge in [-0.25, -0.2) is 4.98 Å². The van der Waals surface area contributed by atoms with E-state index >= 15 is 0 Å². The first-order chi connectivity index (χ1) is 16.6. The van der Waals surface area contributed by atoms with Crippen molar-refractivity contribution in [2.24, 2.45) is 17.3 Å². The highest BCUT2D eigenvalue weighted by Gasteiger charge is 2.76.